The number of hydrogen-bond donors (Lipinski definition) is 1. The second kappa shape index (κ2) is 4.51. The number of anilines is 2. The molecule has 2 amide bonds. The largest absolute Gasteiger partial charge is 0.397 e. The number of fused-ring (bicyclic) bond motifs is 1. The molecule has 20 heavy (non-hydrogen) atoms. The first-order valence-corrected chi connectivity index (χ1v) is 6.48. The Hall–Kier alpha value is -2.04. The minimum Gasteiger partial charge on any atom is -0.397 e. The third-order valence-electron chi connectivity index (χ3n) is 3.10. The van der Waals surface area contributed by atoms with Gasteiger partial charge in [0.15, 0.2) is 0 Å². The molecule has 100 valence electrons. The molecule has 1 aliphatic rings. The number of hydrogen-bond acceptors (Lipinski definition) is 3. The maximum Gasteiger partial charge on any atom is 0.266 e. The number of carbonyl (C=O) groups excluding carboxylic acids is 2. The molecule has 0 unspecified atom stereocenters. The van der Waals surface area contributed by atoms with E-state index in [-0.39, 0.29) is 21.4 Å². The van der Waals surface area contributed by atoms with Crippen LogP contribution in [0.15, 0.2) is 36.4 Å². The van der Waals surface area contributed by atoms with Gasteiger partial charge < -0.3 is 5.73 Å². The Balaban J connectivity index is 2.17. The fourth-order valence-corrected chi connectivity index (χ4v) is 2.60. The molecule has 0 saturated carbocycles. The maximum absolute atomic E-state index is 12.3. The molecule has 0 bridgehead atoms. The van der Waals surface area contributed by atoms with Crippen molar-refractivity contribution in [2.24, 2.45) is 0 Å². The average Bonchev–Trinajstić information content (AvgIpc) is 2.68. The normalized spacial score (nSPS) is 13.8. The van der Waals surface area contributed by atoms with Crippen LogP contribution in [0.1, 0.15) is 20.7 Å². The summed E-state index contributed by atoms with van der Waals surface area (Å²) >= 11 is 11.9. The van der Waals surface area contributed by atoms with Crippen molar-refractivity contribution in [1.82, 2.24) is 0 Å². The van der Waals surface area contributed by atoms with Crippen LogP contribution in [0.3, 0.4) is 0 Å². The molecule has 2 aromatic rings. The Bertz CT molecular complexity index is 724. The molecule has 0 spiro atoms. The van der Waals surface area contributed by atoms with Gasteiger partial charge in [0.1, 0.15) is 0 Å². The van der Waals surface area contributed by atoms with Crippen LogP contribution >= 0.6 is 23.2 Å². The Labute approximate surface area is 124 Å². The zero-order valence-electron chi connectivity index (χ0n) is 10.1. The first kappa shape index (κ1) is 13.0. The summed E-state index contributed by atoms with van der Waals surface area (Å²) in [4.78, 5) is 25.7. The molecule has 0 aromatic heterocycles. The predicted octanol–water partition coefficient (Wildman–Crippen LogP) is 3.38. The van der Waals surface area contributed by atoms with Gasteiger partial charge in [0, 0.05) is 0 Å². The summed E-state index contributed by atoms with van der Waals surface area (Å²) in [5, 5.41) is 0.467. The molecule has 3 rings (SSSR count). The van der Waals surface area contributed by atoms with Gasteiger partial charge in [0.25, 0.3) is 11.8 Å². The Kier molecular flexibility index (Phi) is 2.92. The van der Waals surface area contributed by atoms with Crippen LogP contribution in [-0.4, -0.2) is 11.8 Å². The number of rotatable bonds is 1. The van der Waals surface area contributed by atoms with E-state index in [4.69, 9.17) is 28.9 Å². The Morgan fingerprint density at radius 2 is 1.45 bits per heavy atom. The molecule has 6 heteroatoms. The van der Waals surface area contributed by atoms with Crippen molar-refractivity contribution in [3.05, 3.63) is 57.6 Å². The quantitative estimate of drug-likeness (QED) is 0.649. The minimum absolute atomic E-state index is 0.193. The van der Waals surface area contributed by atoms with Gasteiger partial charge in [-0.1, -0.05) is 35.3 Å². The Morgan fingerprint density at radius 1 is 0.900 bits per heavy atom. The number of nitrogens with zero attached hydrogens (tertiary/aromatic N) is 1. The van der Waals surface area contributed by atoms with Crippen molar-refractivity contribution in [2.75, 3.05) is 10.6 Å². The lowest BCUT2D eigenvalue weighted by Gasteiger charge is -2.16. The summed E-state index contributed by atoms with van der Waals surface area (Å²) in [6.45, 7) is 0. The highest BCUT2D eigenvalue weighted by atomic mass is 35.5. The maximum atomic E-state index is 12.3. The second-order valence-corrected chi connectivity index (χ2v) is 5.13. The molecular formula is C14H8Cl2N2O2. The molecule has 1 heterocycles. The number of imide groups is 1. The van der Waals surface area contributed by atoms with E-state index in [2.05, 4.69) is 0 Å². The summed E-state index contributed by atoms with van der Waals surface area (Å²) in [6, 6.07) is 9.44. The van der Waals surface area contributed by atoms with Crippen molar-refractivity contribution >= 4 is 46.4 Å². The van der Waals surface area contributed by atoms with Gasteiger partial charge in [-0.25, -0.2) is 4.90 Å². The Morgan fingerprint density at radius 3 is 2.00 bits per heavy atom. The van der Waals surface area contributed by atoms with E-state index in [0.29, 0.717) is 11.1 Å². The lowest BCUT2D eigenvalue weighted by atomic mass is 10.1. The van der Waals surface area contributed by atoms with Gasteiger partial charge in [0.2, 0.25) is 0 Å². The number of carbonyl (C=O) groups is 2. The number of halogens is 2. The van der Waals surface area contributed by atoms with E-state index in [0.717, 1.165) is 4.90 Å². The zero-order chi connectivity index (χ0) is 14.4. The third-order valence-corrected chi connectivity index (χ3v) is 3.73. The van der Waals surface area contributed by atoms with Crippen LogP contribution < -0.4 is 10.6 Å². The lowest BCUT2D eigenvalue weighted by molar-refractivity contribution is 0.0926. The van der Waals surface area contributed by atoms with Gasteiger partial charge in [-0.2, -0.15) is 0 Å². The highest BCUT2D eigenvalue weighted by Gasteiger charge is 2.37. The number of nitrogens with two attached hydrogens (primary N) is 1. The molecule has 0 saturated heterocycles. The summed E-state index contributed by atoms with van der Waals surface area (Å²) in [5.74, 6) is -0.844. The van der Waals surface area contributed by atoms with Crippen LogP contribution in [0.25, 0.3) is 0 Å². The molecule has 0 atom stereocenters. The van der Waals surface area contributed by atoms with E-state index >= 15 is 0 Å². The first-order valence-electron chi connectivity index (χ1n) is 5.73. The highest BCUT2D eigenvalue weighted by Crippen LogP contribution is 2.37. The van der Waals surface area contributed by atoms with Gasteiger partial charge in [-0.3, -0.25) is 9.59 Å². The predicted molar refractivity (Wildman–Crippen MR) is 78.5 cm³/mol. The van der Waals surface area contributed by atoms with Crippen LogP contribution in [0.2, 0.25) is 10.0 Å². The monoisotopic (exact) mass is 306 g/mol. The molecule has 0 fully saturated rings. The third kappa shape index (κ3) is 1.77. The van der Waals surface area contributed by atoms with Gasteiger partial charge in [-0.15, -0.1) is 0 Å². The average molecular weight is 307 g/mol. The smallest absolute Gasteiger partial charge is 0.266 e. The van der Waals surface area contributed by atoms with Gasteiger partial charge in [0.05, 0.1) is 32.5 Å². The minimum atomic E-state index is -0.422. The van der Waals surface area contributed by atoms with Gasteiger partial charge in [-0.05, 0) is 24.3 Å². The molecule has 2 aromatic carbocycles. The van der Waals surface area contributed by atoms with E-state index < -0.39 is 11.8 Å². The standard InChI is InChI=1S/C14H8Cl2N2O2/c15-9-5-10(16)12(6-11(9)17)18-13(19)7-3-1-2-4-8(7)14(18)20/h1-6H,17H2. The summed E-state index contributed by atoms with van der Waals surface area (Å²) in [6.07, 6.45) is 0. The molecular weight excluding hydrogens is 299 g/mol. The van der Waals surface area contributed by atoms with Crippen molar-refractivity contribution in [2.45, 2.75) is 0 Å². The summed E-state index contributed by atoms with van der Waals surface area (Å²) in [5.41, 5.74) is 6.90. The molecule has 0 aliphatic carbocycles. The number of nitrogen functional groups attached to an aromatic ring is 1. The summed E-state index contributed by atoms with van der Waals surface area (Å²) in [7, 11) is 0. The van der Waals surface area contributed by atoms with Gasteiger partial charge >= 0.3 is 0 Å². The topological polar surface area (TPSA) is 63.4 Å². The van der Waals surface area contributed by atoms with Crippen LogP contribution in [0.4, 0.5) is 11.4 Å². The first-order chi connectivity index (χ1) is 9.50. The number of amides is 2. The highest BCUT2D eigenvalue weighted by molar-refractivity contribution is 6.41. The lowest BCUT2D eigenvalue weighted by Crippen LogP contribution is -2.29. The summed E-state index contributed by atoms with van der Waals surface area (Å²) < 4.78 is 0. The molecule has 0 radical (unpaired) electrons. The molecule has 4 nitrogen and oxygen atoms in total. The zero-order valence-corrected chi connectivity index (χ0v) is 11.6. The van der Waals surface area contributed by atoms with E-state index in [1.54, 1.807) is 24.3 Å². The fourth-order valence-electron chi connectivity index (χ4n) is 2.13. The van der Waals surface area contributed by atoms with Crippen LogP contribution in [0.5, 0.6) is 0 Å². The molecule has 2 N–H and O–H groups in total. The second-order valence-electron chi connectivity index (χ2n) is 4.32. The van der Waals surface area contributed by atoms with E-state index in [1.807, 2.05) is 0 Å². The van der Waals surface area contributed by atoms with Crippen LogP contribution in [-0.2, 0) is 0 Å². The molecule has 1 aliphatic heterocycles. The van der Waals surface area contributed by atoms with Crippen molar-refractivity contribution < 1.29 is 9.59 Å². The van der Waals surface area contributed by atoms with Crippen molar-refractivity contribution in [3.63, 3.8) is 0 Å². The van der Waals surface area contributed by atoms with E-state index in [1.165, 1.54) is 12.1 Å². The van der Waals surface area contributed by atoms with Crippen molar-refractivity contribution in [3.8, 4) is 0 Å². The van der Waals surface area contributed by atoms with E-state index in [9.17, 15) is 9.59 Å². The van der Waals surface area contributed by atoms with Crippen molar-refractivity contribution in [1.29, 1.82) is 0 Å². The fraction of sp³-hybridized carbons (Fsp3) is 0. The number of benzene rings is 2. The SMILES string of the molecule is Nc1cc(N2C(=O)c3ccccc3C2=O)c(Cl)cc1Cl. The van der Waals surface area contributed by atoms with Crippen LogP contribution in [0, 0.1) is 0 Å².